The molecule has 0 unspecified atom stereocenters. The average molecular weight is 599 g/mol. The molecule has 7 nitrogen and oxygen atoms in total. The van der Waals surface area contributed by atoms with Crippen molar-refractivity contribution in [2.24, 2.45) is 0 Å². The first kappa shape index (κ1) is 20.5. The summed E-state index contributed by atoms with van der Waals surface area (Å²) in [5.74, 6) is 0.791. The Balaban J connectivity index is 1.13. The predicted molar refractivity (Wildman–Crippen MR) is 184 cm³/mol. The molecule has 0 aliphatic rings. The van der Waals surface area contributed by atoms with Crippen LogP contribution in [0, 0.1) is 0 Å². The lowest BCUT2D eigenvalue weighted by Gasteiger charge is -2.09. The molecule has 6 aromatic carbocycles. The van der Waals surface area contributed by atoms with Crippen molar-refractivity contribution in [1.82, 2.24) is 23.0 Å². The summed E-state index contributed by atoms with van der Waals surface area (Å²) in [5, 5.41) is 0.576. The van der Waals surface area contributed by atoms with Crippen LogP contribution in [0.3, 0.4) is 0 Å². The fraction of sp³-hybridized carbons (Fsp3) is 0. The lowest BCUT2D eigenvalue weighted by molar-refractivity contribution is 0.841. The molecule has 0 radical (unpaired) electrons. The molecular formula is C39H23N5O2. The minimum absolute atomic E-state index is 0.00748. The minimum Gasteiger partial charge on any atom is -0.278 e. The van der Waals surface area contributed by atoms with Crippen LogP contribution < -0.4 is 11.1 Å². The molecule has 0 aliphatic heterocycles. The lowest BCUT2D eigenvalue weighted by atomic mass is 10.0. The average Bonchev–Trinajstić information content (AvgIpc) is 3.86. The van der Waals surface area contributed by atoms with Crippen LogP contribution in [-0.2, 0) is 0 Å². The van der Waals surface area contributed by atoms with Gasteiger partial charge in [0.1, 0.15) is 0 Å². The number of para-hydroxylation sites is 4. The van der Waals surface area contributed by atoms with Crippen LogP contribution in [0.2, 0.25) is 0 Å². The van der Waals surface area contributed by atoms with Gasteiger partial charge in [0.2, 0.25) is 5.78 Å². The van der Waals surface area contributed by atoms with Gasteiger partial charge in [-0.1, -0.05) is 78.7 Å². The highest BCUT2D eigenvalue weighted by atomic mass is 16.2. The molecule has 10 aromatic rings. The van der Waals surface area contributed by atoms with Crippen LogP contribution in [0.5, 0.6) is 0 Å². The first-order valence-electron chi connectivity index (χ1n) is 17.2. The number of aromatic nitrogens is 5. The first-order valence-corrected chi connectivity index (χ1v) is 14.7. The minimum atomic E-state index is -0.556. The van der Waals surface area contributed by atoms with E-state index in [9.17, 15) is 9.59 Å². The van der Waals surface area contributed by atoms with Gasteiger partial charge in [-0.2, -0.15) is 4.52 Å². The van der Waals surface area contributed by atoms with Gasteiger partial charge in [-0.25, -0.2) is 9.50 Å². The number of fused-ring (bicyclic) bond motifs is 10. The maximum atomic E-state index is 13.9. The van der Waals surface area contributed by atoms with E-state index >= 15 is 0 Å². The van der Waals surface area contributed by atoms with Gasteiger partial charge in [-0.15, -0.1) is 0 Å². The van der Waals surface area contributed by atoms with Crippen LogP contribution in [-0.4, -0.2) is 23.0 Å². The predicted octanol–water partition coefficient (Wildman–Crippen LogP) is 7.58. The quantitative estimate of drug-likeness (QED) is 0.211. The molecule has 46 heavy (non-hydrogen) atoms. The van der Waals surface area contributed by atoms with E-state index in [1.54, 1.807) is 22.7 Å². The summed E-state index contributed by atoms with van der Waals surface area (Å²) in [6.45, 7) is 0. The fourth-order valence-electron chi connectivity index (χ4n) is 6.79. The van der Waals surface area contributed by atoms with Crippen molar-refractivity contribution >= 4 is 49.7 Å². The largest absolute Gasteiger partial charge is 0.282 e. The van der Waals surface area contributed by atoms with E-state index in [4.69, 9.17) is 11.8 Å². The number of imidazole rings is 2. The maximum absolute atomic E-state index is 13.9. The smallest absolute Gasteiger partial charge is 0.278 e. The molecule has 7 heteroatoms. The number of hydrogen-bond donors (Lipinski definition) is 0. The Morgan fingerprint density at radius 3 is 1.89 bits per heavy atom. The van der Waals surface area contributed by atoms with Crippen LogP contribution >= 0.6 is 0 Å². The highest BCUT2D eigenvalue weighted by Crippen LogP contribution is 2.32. The van der Waals surface area contributed by atoms with Crippen molar-refractivity contribution in [3.63, 3.8) is 0 Å². The number of hydrogen-bond acceptors (Lipinski definition) is 3. The lowest BCUT2D eigenvalue weighted by Crippen LogP contribution is -2.21. The molecule has 0 atom stereocenters. The highest BCUT2D eigenvalue weighted by molar-refractivity contribution is 5.94. The Hall–Kier alpha value is -6.47. The molecule has 4 heterocycles. The van der Waals surface area contributed by atoms with Crippen molar-refractivity contribution in [2.75, 3.05) is 0 Å². The summed E-state index contributed by atoms with van der Waals surface area (Å²) >= 11 is 0. The van der Waals surface area contributed by atoms with Crippen LogP contribution in [0.25, 0.3) is 77.6 Å². The Labute approximate surface area is 267 Å². The summed E-state index contributed by atoms with van der Waals surface area (Å²) in [6, 6.07) is 32.4. The molecule has 0 bridgehead atoms. The molecule has 0 fully saturated rings. The summed E-state index contributed by atoms with van der Waals surface area (Å²) in [6.07, 6.45) is 0. The van der Waals surface area contributed by atoms with E-state index in [1.807, 2.05) is 60.7 Å². The number of nitrogens with zero attached hydrogens (tertiary/aromatic N) is 5. The molecule has 0 N–H and O–H groups in total. The van der Waals surface area contributed by atoms with Crippen molar-refractivity contribution in [3.05, 3.63) is 160 Å². The highest BCUT2D eigenvalue weighted by Gasteiger charge is 2.20. The molecular weight excluding hydrogens is 570 g/mol. The normalized spacial score (nSPS) is 13.6. The molecule has 0 spiro atoms. The zero-order chi connectivity index (χ0) is 34.9. The van der Waals surface area contributed by atoms with E-state index < -0.39 is 29.2 Å². The second-order valence-corrected chi connectivity index (χ2v) is 11.3. The standard InChI is InChI=1S/C39H23N5O2/c45-37-29-22-26(24-9-2-1-3-10-24)17-19-32(29)43-33-20-18-27(23-30(33)38(46)44(37)43)25-11-8-12-28(21-25)41-35-15-6-7-16-36(35)42-34-14-5-4-13-31(34)40-39(41)42/h1-23H/i1D,2D,3D,9D,10D. The monoisotopic (exact) mass is 598 g/mol. The van der Waals surface area contributed by atoms with E-state index in [-0.39, 0.29) is 23.0 Å². The van der Waals surface area contributed by atoms with Gasteiger partial charge in [0.05, 0.1) is 50.7 Å². The Kier molecular flexibility index (Phi) is 4.02. The Morgan fingerprint density at radius 2 is 1.15 bits per heavy atom. The molecule has 216 valence electrons. The van der Waals surface area contributed by atoms with Crippen molar-refractivity contribution in [3.8, 4) is 27.9 Å². The maximum Gasteiger partial charge on any atom is 0.282 e. The zero-order valence-electron chi connectivity index (χ0n) is 28.9. The van der Waals surface area contributed by atoms with Gasteiger partial charge < -0.3 is 0 Å². The second kappa shape index (κ2) is 9.03. The topological polar surface area (TPSA) is 65.2 Å². The molecule has 10 rings (SSSR count). The Morgan fingerprint density at radius 1 is 0.522 bits per heavy atom. The summed E-state index contributed by atoms with van der Waals surface area (Å²) in [4.78, 5) is 32.6. The van der Waals surface area contributed by atoms with Crippen LogP contribution in [0.4, 0.5) is 0 Å². The van der Waals surface area contributed by atoms with Gasteiger partial charge in [0.25, 0.3) is 11.1 Å². The molecule has 0 aliphatic carbocycles. The van der Waals surface area contributed by atoms with Crippen LogP contribution in [0.1, 0.15) is 6.85 Å². The van der Waals surface area contributed by atoms with E-state index in [1.165, 1.54) is 6.07 Å². The molecule has 4 aromatic heterocycles. The summed E-state index contributed by atoms with van der Waals surface area (Å²) in [5.41, 5.74) is 6.82. The van der Waals surface area contributed by atoms with E-state index in [2.05, 4.69) is 33.2 Å². The SMILES string of the molecule is [2H]c1c([2H])c([2H])c(-c2ccc3c(c2)c(=O)n2c(=O)c4cc(-c5cccc(-n6c7ccccc7n7c8ccccc8nc67)c5)ccc4n32)c([2H])c1[2H]. The second-order valence-electron chi connectivity index (χ2n) is 11.3. The summed E-state index contributed by atoms with van der Waals surface area (Å²) < 4.78 is 47.7. The third kappa shape index (κ3) is 3.28. The van der Waals surface area contributed by atoms with Gasteiger partial charge >= 0.3 is 0 Å². The first-order chi connectivity index (χ1) is 24.7. The Bertz CT molecular complexity index is 3240. The van der Waals surface area contributed by atoms with Gasteiger partial charge in [0, 0.05) is 5.69 Å². The molecule has 0 amide bonds. The van der Waals surface area contributed by atoms with Gasteiger partial charge in [-0.05, 0) is 82.9 Å². The molecule has 0 saturated heterocycles. The van der Waals surface area contributed by atoms with Crippen molar-refractivity contribution in [2.45, 2.75) is 0 Å². The number of benzene rings is 6. The van der Waals surface area contributed by atoms with E-state index in [0.29, 0.717) is 22.0 Å². The van der Waals surface area contributed by atoms with Crippen molar-refractivity contribution in [1.29, 1.82) is 0 Å². The van der Waals surface area contributed by atoms with Gasteiger partial charge in [0.15, 0.2) is 0 Å². The summed E-state index contributed by atoms with van der Waals surface area (Å²) in [7, 11) is 0. The molecule has 0 saturated carbocycles. The van der Waals surface area contributed by atoms with Crippen molar-refractivity contribution < 1.29 is 6.85 Å². The van der Waals surface area contributed by atoms with E-state index in [0.717, 1.165) is 49.2 Å². The van der Waals surface area contributed by atoms with Crippen LogP contribution in [0.15, 0.2) is 149 Å². The van der Waals surface area contributed by atoms with Gasteiger partial charge in [-0.3, -0.25) is 18.6 Å². The third-order valence-corrected chi connectivity index (χ3v) is 8.83. The third-order valence-electron chi connectivity index (χ3n) is 8.83. The number of rotatable bonds is 3. The fourth-order valence-corrected chi connectivity index (χ4v) is 6.79. The zero-order valence-corrected chi connectivity index (χ0v) is 23.9.